The predicted octanol–water partition coefficient (Wildman–Crippen LogP) is 4.54. The van der Waals surface area contributed by atoms with Crippen molar-refractivity contribution in [1.29, 1.82) is 0 Å². The monoisotopic (exact) mass is 206 g/mol. The molecule has 0 aliphatic rings. The van der Waals surface area contributed by atoms with Gasteiger partial charge in [0.2, 0.25) is 0 Å². The van der Waals surface area contributed by atoms with Crippen molar-refractivity contribution < 1.29 is 0 Å². The van der Waals surface area contributed by atoms with Gasteiger partial charge in [-0.15, -0.1) is 0 Å². The molecule has 0 saturated heterocycles. The Balaban J connectivity index is 4.35. The summed E-state index contributed by atoms with van der Waals surface area (Å²) in [5, 5.41) is 0.475. The lowest BCUT2D eigenvalue weighted by Gasteiger charge is -1.98. The van der Waals surface area contributed by atoms with Crippen LogP contribution in [0.2, 0.25) is 0 Å². The lowest BCUT2D eigenvalue weighted by molar-refractivity contribution is 1.52. The Morgan fingerprint density at radius 2 is 1.29 bits per heavy atom. The number of halogens is 1. The second-order valence-electron chi connectivity index (χ2n) is 3.01. The van der Waals surface area contributed by atoms with Crippen LogP contribution in [0.15, 0.2) is 72.4 Å². The van der Waals surface area contributed by atoms with Crippen LogP contribution < -0.4 is 0 Å². The maximum absolute atomic E-state index is 5.57. The molecule has 1 heteroatoms. The minimum absolute atomic E-state index is 0.475. The number of hydrogen-bond donors (Lipinski definition) is 0. The Morgan fingerprint density at radius 1 is 0.857 bits per heavy atom. The Bertz CT molecular complexity index is 293. The topological polar surface area (TPSA) is 0 Å². The van der Waals surface area contributed by atoms with Gasteiger partial charge in [0, 0.05) is 5.03 Å². The second-order valence-corrected chi connectivity index (χ2v) is 3.50. The quantitative estimate of drug-likeness (QED) is 0.580. The van der Waals surface area contributed by atoms with E-state index in [0.29, 0.717) is 5.03 Å². The molecule has 0 atom stereocenters. The van der Waals surface area contributed by atoms with Crippen LogP contribution in [0.5, 0.6) is 0 Å². The molecule has 0 nitrogen and oxygen atoms in total. The Kier molecular flexibility index (Phi) is 5.66. The second kappa shape index (κ2) is 6.22. The first-order valence-corrected chi connectivity index (χ1v) is 4.55. The van der Waals surface area contributed by atoms with Crippen LogP contribution in [0, 0.1) is 0 Å². The van der Waals surface area contributed by atoms with E-state index in [1.54, 1.807) is 12.2 Å². The molecule has 0 radical (unpaired) electrons. The fourth-order valence-corrected chi connectivity index (χ4v) is 0.711. The van der Waals surface area contributed by atoms with Crippen LogP contribution in [0.4, 0.5) is 0 Å². The van der Waals surface area contributed by atoms with E-state index in [1.807, 2.05) is 19.1 Å². The van der Waals surface area contributed by atoms with Gasteiger partial charge in [-0.3, -0.25) is 0 Å². The summed E-state index contributed by atoms with van der Waals surface area (Å²) in [6, 6.07) is 0. The third-order valence-corrected chi connectivity index (χ3v) is 1.57. The maximum Gasteiger partial charge on any atom is 0.0334 e. The largest absolute Gasteiger partial charge is 0.0961 e. The lowest BCUT2D eigenvalue weighted by atomic mass is 10.1. The van der Waals surface area contributed by atoms with Crippen LogP contribution in [0.3, 0.4) is 0 Å². The SMILES string of the molecule is C=C(C)C=CC(=C)C(=C)C=CC(=C)Cl. The minimum atomic E-state index is 0.475. The molecule has 0 amide bonds. The minimum Gasteiger partial charge on any atom is -0.0961 e. The molecule has 0 rings (SSSR count). The zero-order valence-electron chi connectivity index (χ0n) is 8.52. The van der Waals surface area contributed by atoms with E-state index in [9.17, 15) is 0 Å². The third kappa shape index (κ3) is 6.27. The van der Waals surface area contributed by atoms with E-state index in [4.69, 9.17) is 11.6 Å². The van der Waals surface area contributed by atoms with Gasteiger partial charge in [-0.05, 0) is 24.1 Å². The maximum atomic E-state index is 5.57. The van der Waals surface area contributed by atoms with Crippen molar-refractivity contribution in [2.75, 3.05) is 0 Å². The number of rotatable bonds is 5. The fraction of sp³-hybridized carbons (Fsp3) is 0.0769. The van der Waals surface area contributed by atoms with Gasteiger partial charge in [0.15, 0.2) is 0 Å². The lowest BCUT2D eigenvalue weighted by Crippen LogP contribution is -1.78. The first kappa shape index (κ1) is 12.7. The molecule has 0 aromatic carbocycles. The molecule has 0 heterocycles. The van der Waals surface area contributed by atoms with Crippen molar-refractivity contribution in [3.05, 3.63) is 72.4 Å². The van der Waals surface area contributed by atoms with Crippen molar-refractivity contribution in [2.45, 2.75) is 6.92 Å². The zero-order chi connectivity index (χ0) is 11.1. The molecule has 0 aromatic heterocycles. The van der Waals surface area contributed by atoms with E-state index in [0.717, 1.165) is 16.7 Å². The Labute approximate surface area is 91.3 Å². The Hall–Kier alpha value is -1.27. The molecule has 0 bridgehead atoms. The highest BCUT2D eigenvalue weighted by Crippen LogP contribution is 2.11. The molecule has 0 saturated carbocycles. The van der Waals surface area contributed by atoms with Gasteiger partial charge in [0.1, 0.15) is 0 Å². The van der Waals surface area contributed by atoms with Crippen molar-refractivity contribution in [3.63, 3.8) is 0 Å². The van der Waals surface area contributed by atoms with Crippen molar-refractivity contribution in [2.24, 2.45) is 0 Å². The third-order valence-electron chi connectivity index (χ3n) is 1.45. The molecule has 0 N–H and O–H groups in total. The summed E-state index contributed by atoms with van der Waals surface area (Å²) in [6.45, 7) is 16.9. The molecule has 0 fully saturated rings. The van der Waals surface area contributed by atoms with Gasteiger partial charge < -0.3 is 0 Å². The van der Waals surface area contributed by atoms with Gasteiger partial charge in [-0.2, -0.15) is 0 Å². The summed E-state index contributed by atoms with van der Waals surface area (Å²) in [7, 11) is 0. The average Bonchev–Trinajstić information content (AvgIpc) is 2.09. The van der Waals surface area contributed by atoms with Crippen LogP contribution in [-0.2, 0) is 0 Å². The summed E-state index contributed by atoms with van der Waals surface area (Å²) < 4.78 is 0. The summed E-state index contributed by atoms with van der Waals surface area (Å²) in [5.41, 5.74) is 2.62. The van der Waals surface area contributed by atoms with Gasteiger partial charge in [0.05, 0.1) is 0 Å². The highest BCUT2D eigenvalue weighted by Gasteiger charge is 1.90. The van der Waals surface area contributed by atoms with Crippen molar-refractivity contribution in [3.8, 4) is 0 Å². The predicted molar refractivity (Wildman–Crippen MR) is 66.4 cm³/mol. The fourth-order valence-electron chi connectivity index (χ4n) is 0.648. The number of hydrogen-bond acceptors (Lipinski definition) is 0. The zero-order valence-corrected chi connectivity index (χ0v) is 9.27. The summed E-state index contributed by atoms with van der Waals surface area (Å²) in [4.78, 5) is 0. The summed E-state index contributed by atoms with van der Waals surface area (Å²) in [6.07, 6.45) is 7.22. The summed E-state index contributed by atoms with van der Waals surface area (Å²) in [5.74, 6) is 0. The average molecular weight is 207 g/mol. The van der Waals surface area contributed by atoms with E-state index in [-0.39, 0.29) is 0 Å². The van der Waals surface area contributed by atoms with Crippen LogP contribution in [-0.4, -0.2) is 0 Å². The Morgan fingerprint density at radius 3 is 1.64 bits per heavy atom. The molecular weight excluding hydrogens is 192 g/mol. The summed E-state index contributed by atoms with van der Waals surface area (Å²) >= 11 is 5.57. The number of allylic oxidation sites excluding steroid dienone is 8. The van der Waals surface area contributed by atoms with E-state index < -0.39 is 0 Å². The molecule has 0 spiro atoms. The van der Waals surface area contributed by atoms with Crippen LogP contribution >= 0.6 is 11.6 Å². The molecule has 0 aromatic rings. The molecule has 74 valence electrons. The highest BCUT2D eigenvalue weighted by atomic mass is 35.5. The van der Waals surface area contributed by atoms with Crippen LogP contribution in [0.25, 0.3) is 0 Å². The van der Waals surface area contributed by atoms with E-state index in [2.05, 4.69) is 26.3 Å². The standard InChI is InChI=1S/C13H15Cl/c1-10(2)6-7-11(3)12(4)8-9-13(5)14/h6-9H,1,3-5H2,2H3. The van der Waals surface area contributed by atoms with E-state index in [1.165, 1.54) is 0 Å². The molecule has 0 aliphatic heterocycles. The normalized spacial score (nSPS) is 10.7. The molecule has 0 aliphatic carbocycles. The smallest absolute Gasteiger partial charge is 0.0334 e. The van der Waals surface area contributed by atoms with Crippen molar-refractivity contribution >= 4 is 11.6 Å². The molecule has 0 unspecified atom stereocenters. The van der Waals surface area contributed by atoms with Gasteiger partial charge in [-0.25, -0.2) is 0 Å². The first-order chi connectivity index (χ1) is 6.43. The first-order valence-electron chi connectivity index (χ1n) is 4.17. The highest BCUT2D eigenvalue weighted by molar-refractivity contribution is 6.30. The van der Waals surface area contributed by atoms with Crippen LogP contribution in [0.1, 0.15) is 6.92 Å². The molecule has 14 heavy (non-hydrogen) atoms. The van der Waals surface area contributed by atoms with E-state index >= 15 is 0 Å². The molecular formula is C13H15Cl. The van der Waals surface area contributed by atoms with Gasteiger partial charge in [-0.1, -0.05) is 61.7 Å². The van der Waals surface area contributed by atoms with Gasteiger partial charge in [0.25, 0.3) is 0 Å². The van der Waals surface area contributed by atoms with Crippen molar-refractivity contribution in [1.82, 2.24) is 0 Å². The van der Waals surface area contributed by atoms with Gasteiger partial charge >= 0.3 is 0 Å².